The Hall–Kier alpha value is -4.84. The van der Waals surface area contributed by atoms with Crippen molar-refractivity contribution in [3.8, 4) is 39.6 Å². The molecule has 2 aliphatic heterocycles. The Morgan fingerprint density at radius 3 is 2.50 bits per heavy atom. The third-order valence-electron chi connectivity index (χ3n) is 7.43. The molecule has 6 rings (SSSR count). The van der Waals surface area contributed by atoms with Crippen LogP contribution in [0.3, 0.4) is 0 Å². The molecule has 0 atom stereocenters. The Kier molecular flexibility index (Phi) is 6.65. The summed E-state index contributed by atoms with van der Waals surface area (Å²) < 4.78 is 47.5. The number of morpholine rings is 1. The largest absolute Gasteiger partial charge is 0.496 e. The predicted molar refractivity (Wildman–Crippen MR) is 147 cm³/mol. The Morgan fingerprint density at radius 2 is 1.81 bits per heavy atom. The maximum absolute atomic E-state index is 14.4. The minimum absolute atomic E-state index is 0.0206. The quantitative estimate of drug-likeness (QED) is 0.380. The summed E-state index contributed by atoms with van der Waals surface area (Å²) in [6.07, 6.45) is 2.91. The lowest BCUT2D eigenvalue weighted by molar-refractivity contribution is -0.0374. The van der Waals surface area contributed by atoms with Crippen molar-refractivity contribution in [2.45, 2.75) is 26.0 Å². The maximum atomic E-state index is 14.4. The zero-order chi connectivity index (χ0) is 29.8. The van der Waals surface area contributed by atoms with Gasteiger partial charge in [-0.25, -0.2) is 13.5 Å². The number of primary amides is 1. The fourth-order valence-corrected chi connectivity index (χ4v) is 5.38. The average molecular weight is 576 g/mol. The lowest BCUT2D eigenvalue weighted by Crippen LogP contribution is -2.55. The van der Waals surface area contributed by atoms with Crippen molar-refractivity contribution >= 4 is 11.8 Å². The number of ether oxygens (including phenoxy) is 3. The molecule has 12 heteroatoms. The van der Waals surface area contributed by atoms with Crippen molar-refractivity contribution in [1.29, 1.82) is 0 Å². The molecule has 2 amide bonds. The number of fused-ring (bicyclic) bond motifs is 3. The van der Waals surface area contributed by atoms with Gasteiger partial charge in [-0.3, -0.25) is 14.6 Å². The molecule has 2 N–H and O–H groups in total. The van der Waals surface area contributed by atoms with E-state index in [1.165, 1.54) is 18.0 Å². The number of nitrogens with zero attached hydrogens (tertiary/aromatic N) is 4. The number of carbonyl (C=O) groups is 2. The maximum Gasteiger partial charge on any atom is 0.275 e. The van der Waals surface area contributed by atoms with Gasteiger partial charge in [-0.15, -0.1) is 0 Å². The minimum atomic E-state index is -0.798. The van der Waals surface area contributed by atoms with E-state index in [1.54, 1.807) is 29.3 Å². The van der Waals surface area contributed by atoms with Crippen molar-refractivity contribution < 1.29 is 32.6 Å². The van der Waals surface area contributed by atoms with Crippen LogP contribution in [0, 0.1) is 11.6 Å². The van der Waals surface area contributed by atoms with E-state index in [4.69, 9.17) is 19.9 Å². The van der Waals surface area contributed by atoms with Crippen LogP contribution in [-0.4, -0.2) is 63.9 Å². The van der Waals surface area contributed by atoms with Crippen LogP contribution >= 0.6 is 0 Å². The van der Waals surface area contributed by atoms with Crippen molar-refractivity contribution in [2.24, 2.45) is 5.73 Å². The summed E-state index contributed by atoms with van der Waals surface area (Å²) in [5.74, 6) is -1.76. The summed E-state index contributed by atoms with van der Waals surface area (Å²) in [4.78, 5) is 31.7. The summed E-state index contributed by atoms with van der Waals surface area (Å²) in [5, 5.41) is 4.63. The molecule has 2 aromatic carbocycles. The van der Waals surface area contributed by atoms with Gasteiger partial charge in [0.2, 0.25) is 5.91 Å². The number of hydrogen-bond acceptors (Lipinski definition) is 7. The van der Waals surface area contributed by atoms with E-state index in [2.05, 4.69) is 10.1 Å². The van der Waals surface area contributed by atoms with Gasteiger partial charge in [0.05, 0.1) is 42.8 Å². The molecule has 2 aliphatic rings. The Morgan fingerprint density at radius 1 is 1.05 bits per heavy atom. The number of rotatable bonds is 5. The summed E-state index contributed by atoms with van der Waals surface area (Å²) in [6, 6.07) is 8.04. The highest BCUT2D eigenvalue weighted by molar-refractivity contribution is 5.98. The third kappa shape index (κ3) is 4.63. The number of hydrogen-bond donors (Lipinski definition) is 1. The molecule has 2 aromatic heterocycles. The molecule has 0 saturated carbocycles. The molecule has 1 saturated heterocycles. The number of halogens is 2. The first-order valence-corrected chi connectivity index (χ1v) is 13.2. The Balaban J connectivity index is 1.59. The van der Waals surface area contributed by atoms with Crippen LogP contribution in [-0.2, 0) is 11.3 Å². The van der Waals surface area contributed by atoms with Crippen LogP contribution in [0.2, 0.25) is 0 Å². The fraction of sp³-hybridized carbons (Fsp3) is 0.267. The standard InChI is InChI=1S/C30H27F2N5O5/c1-30(2)15-41-5-4-36(30)29(39)26-23-14-42-25-11-24(40-3)21(16-6-17(28(33)38)13-34-12-16)10-22(25)27(23)37(35-26)20-8-18(31)7-19(32)9-20/h6-13H,4-5,14-15H2,1-3H3,(H2,33,38). The summed E-state index contributed by atoms with van der Waals surface area (Å²) in [5.41, 5.74) is 7.72. The molecule has 0 spiro atoms. The van der Waals surface area contributed by atoms with E-state index in [9.17, 15) is 18.4 Å². The van der Waals surface area contributed by atoms with Gasteiger partial charge in [-0.05, 0) is 38.1 Å². The second-order valence-corrected chi connectivity index (χ2v) is 10.7. The highest BCUT2D eigenvalue weighted by atomic mass is 19.1. The number of carbonyl (C=O) groups excluding carboxylic acids is 2. The number of nitrogens with two attached hydrogens (primary N) is 1. The Labute approximate surface area is 239 Å². The van der Waals surface area contributed by atoms with Gasteiger partial charge in [-0.2, -0.15) is 5.10 Å². The van der Waals surface area contributed by atoms with E-state index in [-0.39, 0.29) is 29.5 Å². The molecule has 42 heavy (non-hydrogen) atoms. The van der Waals surface area contributed by atoms with Gasteiger partial charge in [0.1, 0.15) is 29.7 Å². The number of benzene rings is 2. The zero-order valence-electron chi connectivity index (χ0n) is 23.1. The molecule has 216 valence electrons. The highest BCUT2D eigenvalue weighted by Crippen LogP contribution is 2.46. The van der Waals surface area contributed by atoms with E-state index in [1.807, 2.05) is 13.8 Å². The van der Waals surface area contributed by atoms with Crippen molar-refractivity contribution in [1.82, 2.24) is 19.7 Å². The van der Waals surface area contributed by atoms with Gasteiger partial charge < -0.3 is 24.8 Å². The lowest BCUT2D eigenvalue weighted by atomic mass is 9.95. The van der Waals surface area contributed by atoms with Crippen molar-refractivity contribution in [3.05, 3.63) is 77.2 Å². The molecule has 0 bridgehead atoms. The topological polar surface area (TPSA) is 122 Å². The van der Waals surface area contributed by atoms with E-state index in [0.717, 1.165) is 18.2 Å². The van der Waals surface area contributed by atoms with Gasteiger partial charge in [0.25, 0.3) is 5.91 Å². The minimum Gasteiger partial charge on any atom is -0.496 e. The molecule has 0 unspecified atom stereocenters. The van der Waals surface area contributed by atoms with Crippen LogP contribution in [0.1, 0.15) is 40.3 Å². The molecule has 0 radical (unpaired) electrons. The molecule has 1 fully saturated rings. The SMILES string of the molecule is COc1cc2c(cc1-c1cncc(C(N)=O)c1)-c1c(c(C(=O)N3CCOCC3(C)C)nn1-c1cc(F)cc(F)c1)CO2. The normalized spacial score (nSPS) is 15.4. The van der Waals surface area contributed by atoms with Crippen LogP contribution in [0.4, 0.5) is 8.78 Å². The fourth-order valence-electron chi connectivity index (χ4n) is 5.38. The first-order chi connectivity index (χ1) is 20.1. The molecule has 4 aromatic rings. The monoisotopic (exact) mass is 575 g/mol. The van der Waals surface area contributed by atoms with Crippen LogP contribution in [0.25, 0.3) is 28.1 Å². The number of aromatic nitrogens is 3. The second kappa shape index (κ2) is 10.2. The van der Waals surface area contributed by atoms with E-state index < -0.39 is 23.1 Å². The van der Waals surface area contributed by atoms with Crippen LogP contribution in [0.15, 0.2) is 48.8 Å². The summed E-state index contributed by atoms with van der Waals surface area (Å²) in [7, 11) is 1.49. The Bertz CT molecular complexity index is 1730. The second-order valence-electron chi connectivity index (χ2n) is 10.7. The average Bonchev–Trinajstić information content (AvgIpc) is 3.36. The highest BCUT2D eigenvalue weighted by Gasteiger charge is 2.39. The summed E-state index contributed by atoms with van der Waals surface area (Å²) >= 11 is 0. The van der Waals surface area contributed by atoms with E-state index in [0.29, 0.717) is 59.2 Å². The molecule has 4 heterocycles. The van der Waals surface area contributed by atoms with Gasteiger partial charge >= 0.3 is 0 Å². The van der Waals surface area contributed by atoms with Gasteiger partial charge in [-0.1, -0.05) is 0 Å². The predicted octanol–water partition coefficient (Wildman–Crippen LogP) is 4.13. The third-order valence-corrected chi connectivity index (χ3v) is 7.43. The first kappa shape index (κ1) is 27.3. The van der Waals surface area contributed by atoms with Gasteiger partial charge in [0, 0.05) is 53.3 Å². The number of amides is 2. The zero-order valence-corrected chi connectivity index (χ0v) is 23.1. The lowest BCUT2D eigenvalue weighted by Gasteiger charge is -2.41. The molecular weight excluding hydrogens is 548 g/mol. The molecular formula is C30H27F2N5O5. The van der Waals surface area contributed by atoms with Crippen molar-refractivity contribution in [3.63, 3.8) is 0 Å². The summed E-state index contributed by atoms with van der Waals surface area (Å²) in [6.45, 7) is 4.84. The first-order valence-electron chi connectivity index (χ1n) is 13.2. The van der Waals surface area contributed by atoms with Crippen LogP contribution in [0.5, 0.6) is 11.5 Å². The number of methoxy groups -OCH3 is 1. The molecule has 10 nitrogen and oxygen atoms in total. The smallest absolute Gasteiger partial charge is 0.275 e. The van der Waals surface area contributed by atoms with Gasteiger partial charge in [0.15, 0.2) is 5.69 Å². The van der Waals surface area contributed by atoms with Crippen LogP contribution < -0.4 is 15.2 Å². The van der Waals surface area contributed by atoms with E-state index >= 15 is 0 Å². The molecule has 0 aliphatic carbocycles. The number of pyridine rings is 1. The van der Waals surface area contributed by atoms with Crippen molar-refractivity contribution in [2.75, 3.05) is 26.9 Å².